The maximum absolute atomic E-state index is 11.9. The van der Waals surface area contributed by atoms with E-state index >= 15 is 0 Å². The van der Waals surface area contributed by atoms with Gasteiger partial charge in [0.25, 0.3) is 0 Å². The molecule has 4 nitrogen and oxygen atoms in total. The van der Waals surface area contributed by atoms with Gasteiger partial charge >= 0.3 is 0 Å². The molecule has 0 bridgehead atoms. The van der Waals surface area contributed by atoms with E-state index in [2.05, 4.69) is 5.32 Å². The summed E-state index contributed by atoms with van der Waals surface area (Å²) in [6.07, 6.45) is 2.19. The normalized spacial score (nSPS) is 10.6. The van der Waals surface area contributed by atoms with Crippen LogP contribution in [0.25, 0.3) is 16.6 Å². The predicted octanol–water partition coefficient (Wildman–Crippen LogP) is 3.34. The molecule has 0 spiro atoms. The highest BCUT2D eigenvalue weighted by atomic mass is 16.1. The van der Waals surface area contributed by atoms with Crippen molar-refractivity contribution in [1.82, 2.24) is 4.57 Å². The van der Waals surface area contributed by atoms with Crippen LogP contribution < -0.4 is 10.7 Å². The fraction of sp³-hybridized carbons (Fsp3) is 0.111. The lowest BCUT2D eigenvalue weighted by molar-refractivity contribution is -0.115. The number of pyridine rings is 1. The van der Waals surface area contributed by atoms with Gasteiger partial charge in [-0.25, -0.2) is 0 Å². The van der Waals surface area contributed by atoms with Gasteiger partial charge < -0.3 is 9.88 Å². The number of anilines is 1. The van der Waals surface area contributed by atoms with Crippen molar-refractivity contribution in [1.29, 1.82) is 0 Å². The summed E-state index contributed by atoms with van der Waals surface area (Å²) in [6.45, 7) is 1.81. The number of fused-ring (bicyclic) bond motifs is 1. The van der Waals surface area contributed by atoms with E-state index in [1.807, 2.05) is 60.0 Å². The van der Waals surface area contributed by atoms with Crippen LogP contribution in [0.2, 0.25) is 0 Å². The maximum atomic E-state index is 11.9. The van der Waals surface area contributed by atoms with Gasteiger partial charge in [0.1, 0.15) is 0 Å². The third kappa shape index (κ3) is 2.63. The van der Waals surface area contributed by atoms with Crippen LogP contribution in [0, 0.1) is 0 Å². The molecule has 1 aromatic heterocycles. The Kier molecular flexibility index (Phi) is 3.74. The zero-order chi connectivity index (χ0) is 15.5. The number of para-hydroxylation sites is 1. The van der Waals surface area contributed by atoms with Crippen molar-refractivity contribution < 1.29 is 4.79 Å². The molecule has 2 aromatic carbocycles. The second kappa shape index (κ2) is 5.85. The van der Waals surface area contributed by atoms with Crippen molar-refractivity contribution in [3.05, 3.63) is 71.0 Å². The van der Waals surface area contributed by atoms with Crippen LogP contribution >= 0.6 is 0 Å². The minimum atomic E-state index is -0.0260. The van der Waals surface area contributed by atoms with Gasteiger partial charge in [0.05, 0.1) is 5.52 Å². The molecule has 0 atom stereocenters. The number of carbonyl (C=O) groups excluding carboxylic acids is 1. The number of nitrogens with zero attached hydrogens (tertiary/aromatic N) is 1. The van der Waals surface area contributed by atoms with Crippen LogP contribution in [0.3, 0.4) is 0 Å². The summed E-state index contributed by atoms with van der Waals surface area (Å²) in [6, 6.07) is 16.6. The minimum absolute atomic E-state index is 0.00212. The molecule has 0 aliphatic rings. The first-order valence-corrected chi connectivity index (χ1v) is 7.20. The van der Waals surface area contributed by atoms with Crippen LogP contribution in [-0.4, -0.2) is 10.5 Å². The van der Waals surface area contributed by atoms with E-state index < -0.39 is 0 Å². The van der Waals surface area contributed by atoms with Crippen molar-refractivity contribution in [2.75, 3.05) is 5.32 Å². The first-order valence-electron chi connectivity index (χ1n) is 7.20. The number of carbonyl (C=O) groups is 1. The summed E-state index contributed by atoms with van der Waals surface area (Å²) in [5.41, 5.74) is 2.48. The highest BCUT2D eigenvalue weighted by Gasteiger charge is 2.05. The Labute approximate surface area is 128 Å². The summed E-state index contributed by atoms with van der Waals surface area (Å²) >= 11 is 0. The standard InChI is InChI=1S/C18H16N2O2/c1-2-18(22)19-13-6-5-7-14(12-13)20-11-10-17(21)15-8-3-4-9-16(15)20/h3-12H,2H2,1H3,(H,19,22). The van der Waals surface area contributed by atoms with Gasteiger partial charge in [-0.1, -0.05) is 25.1 Å². The molecule has 110 valence electrons. The smallest absolute Gasteiger partial charge is 0.224 e. The Morgan fingerprint density at radius 1 is 1.09 bits per heavy atom. The molecule has 3 aromatic rings. The number of rotatable bonds is 3. The van der Waals surface area contributed by atoms with Gasteiger partial charge in [-0.05, 0) is 30.3 Å². The van der Waals surface area contributed by atoms with Crippen molar-refractivity contribution in [2.24, 2.45) is 0 Å². The van der Waals surface area contributed by atoms with Gasteiger partial charge in [-0.3, -0.25) is 9.59 Å². The van der Waals surface area contributed by atoms with Crippen molar-refractivity contribution >= 4 is 22.5 Å². The Morgan fingerprint density at radius 2 is 1.91 bits per heavy atom. The number of aromatic nitrogens is 1. The largest absolute Gasteiger partial charge is 0.326 e. The molecule has 0 unspecified atom stereocenters. The molecule has 0 aliphatic carbocycles. The van der Waals surface area contributed by atoms with Crippen LogP contribution in [0.1, 0.15) is 13.3 Å². The maximum Gasteiger partial charge on any atom is 0.224 e. The third-order valence-electron chi connectivity index (χ3n) is 3.53. The summed E-state index contributed by atoms with van der Waals surface area (Å²) in [5.74, 6) is -0.0260. The molecule has 0 radical (unpaired) electrons. The van der Waals surface area contributed by atoms with E-state index in [-0.39, 0.29) is 11.3 Å². The zero-order valence-corrected chi connectivity index (χ0v) is 12.2. The molecular weight excluding hydrogens is 276 g/mol. The first kappa shape index (κ1) is 14.1. The molecule has 1 heterocycles. The summed E-state index contributed by atoms with van der Waals surface area (Å²) in [4.78, 5) is 23.5. The van der Waals surface area contributed by atoms with Crippen molar-refractivity contribution in [3.8, 4) is 5.69 Å². The van der Waals surface area contributed by atoms with Crippen LogP contribution in [0.4, 0.5) is 5.69 Å². The fourth-order valence-corrected chi connectivity index (χ4v) is 2.41. The monoisotopic (exact) mass is 292 g/mol. The summed E-state index contributed by atoms with van der Waals surface area (Å²) in [7, 11) is 0. The van der Waals surface area contributed by atoms with Gasteiger partial charge in [0.15, 0.2) is 5.43 Å². The fourth-order valence-electron chi connectivity index (χ4n) is 2.41. The quantitative estimate of drug-likeness (QED) is 0.805. The van der Waals surface area contributed by atoms with E-state index in [4.69, 9.17) is 0 Å². The number of amides is 1. The second-order valence-corrected chi connectivity index (χ2v) is 5.02. The molecule has 1 N–H and O–H groups in total. The zero-order valence-electron chi connectivity index (χ0n) is 12.2. The third-order valence-corrected chi connectivity index (χ3v) is 3.53. The lowest BCUT2D eigenvalue weighted by atomic mass is 10.2. The second-order valence-electron chi connectivity index (χ2n) is 5.02. The Morgan fingerprint density at radius 3 is 2.73 bits per heavy atom. The van der Waals surface area contributed by atoms with Gasteiger partial charge in [0, 0.05) is 35.4 Å². The lowest BCUT2D eigenvalue weighted by Crippen LogP contribution is -2.10. The van der Waals surface area contributed by atoms with Gasteiger partial charge in [0.2, 0.25) is 5.91 Å². The average molecular weight is 292 g/mol. The molecular formula is C18H16N2O2. The highest BCUT2D eigenvalue weighted by Crippen LogP contribution is 2.19. The van der Waals surface area contributed by atoms with Crippen molar-refractivity contribution in [2.45, 2.75) is 13.3 Å². The number of nitrogens with one attached hydrogen (secondary N) is 1. The van der Waals surface area contributed by atoms with Crippen LogP contribution in [0.15, 0.2) is 65.6 Å². The molecule has 0 saturated carbocycles. The van der Waals surface area contributed by atoms with Crippen LogP contribution in [0.5, 0.6) is 0 Å². The topological polar surface area (TPSA) is 51.1 Å². The molecule has 4 heteroatoms. The highest BCUT2D eigenvalue weighted by molar-refractivity contribution is 5.91. The molecule has 3 rings (SSSR count). The first-order chi connectivity index (χ1) is 10.7. The van der Waals surface area contributed by atoms with Gasteiger partial charge in [-0.15, -0.1) is 0 Å². The molecule has 0 aliphatic heterocycles. The molecule has 1 amide bonds. The number of benzene rings is 2. The van der Waals surface area contributed by atoms with Crippen molar-refractivity contribution in [3.63, 3.8) is 0 Å². The Balaban J connectivity index is 2.12. The van der Waals surface area contributed by atoms with E-state index in [1.54, 1.807) is 12.3 Å². The lowest BCUT2D eigenvalue weighted by Gasteiger charge is -2.12. The molecule has 22 heavy (non-hydrogen) atoms. The minimum Gasteiger partial charge on any atom is -0.326 e. The summed E-state index contributed by atoms with van der Waals surface area (Å²) in [5, 5.41) is 3.52. The number of hydrogen-bond donors (Lipinski definition) is 1. The molecule has 0 fully saturated rings. The molecule has 0 saturated heterocycles. The summed E-state index contributed by atoms with van der Waals surface area (Å²) < 4.78 is 1.94. The van der Waals surface area contributed by atoms with E-state index in [0.717, 1.165) is 16.9 Å². The van der Waals surface area contributed by atoms with Gasteiger partial charge in [-0.2, -0.15) is 0 Å². The number of hydrogen-bond acceptors (Lipinski definition) is 2. The SMILES string of the molecule is CCC(=O)Nc1cccc(-n2ccc(=O)c3ccccc32)c1. The predicted molar refractivity (Wildman–Crippen MR) is 88.5 cm³/mol. The van der Waals surface area contributed by atoms with E-state index in [0.29, 0.717) is 11.8 Å². The van der Waals surface area contributed by atoms with E-state index in [9.17, 15) is 9.59 Å². The average Bonchev–Trinajstić information content (AvgIpc) is 2.55. The van der Waals surface area contributed by atoms with E-state index in [1.165, 1.54) is 0 Å². The Hall–Kier alpha value is -2.88. The van der Waals surface area contributed by atoms with Crippen LogP contribution in [-0.2, 0) is 4.79 Å². The Bertz CT molecular complexity index is 897.